The molecule has 2 heterocycles. The average Bonchev–Trinajstić information content (AvgIpc) is 3.23. The Morgan fingerprint density at radius 1 is 1.11 bits per heavy atom. The second kappa shape index (κ2) is 8.55. The molecule has 5 nitrogen and oxygen atoms in total. The number of hydrogen-bond acceptors (Lipinski definition) is 3. The van der Waals surface area contributed by atoms with E-state index in [-0.39, 0.29) is 0 Å². The van der Waals surface area contributed by atoms with Crippen molar-refractivity contribution in [3.63, 3.8) is 0 Å². The van der Waals surface area contributed by atoms with Gasteiger partial charge in [-0.15, -0.1) is 0 Å². The maximum atomic E-state index is 5.53. The number of ether oxygens (including phenoxy) is 1. The average molecular weight is 379 g/mol. The first kappa shape index (κ1) is 18.7. The summed E-state index contributed by atoms with van der Waals surface area (Å²) in [6.07, 6.45) is 2.27. The van der Waals surface area contributed by atoms with Crippen molar-refractivity contribution in [3.05, 3.63) is 59.7 Å². The highest BCUT2D eigenvalue weighted by Gasteiger charge is 2.25. The SMILES string of the molecule is CN=C(NCC1CCN(c2ccccc2OC)C1)N1CCc2ccccc2C1. The largest absolute Gasteiger partial charge is 0.495 e. The van der Waals surface area contributed by atoms with Crippen molar-refractivity contribution in [1.29, 1.82) is 0 Å². The smallest absolute Gasteiger partial charge is 0.193 e. The topological polar surface area (TPSA) is 40.1 Å². The van der Waals surface area contributed by atoms with Gasteiger partial charge in [-0.2, -0.15) is 0 Å². The molecule has 1 unspecified atom stereocenters. The summed E-state index contributed by atoms with van der Waals surface area (Å²) in [5.74, 6) is 2.59. The van der Waals surface area contributed by atoms with Crippen LogP contribution in [0, 0.1) is 5.92 Å². The van der Waals surface area contributed by atoms with E-state index >= 15 is 0 Å². The number of aliphatic imine (C=N–C) groups is 1. The third-order valence-electron chi connectivity index (χ3n) is 5.90. The molecule has 1 atom stereocenters. The molecule has 2 aromatic carbocycles. The lowest BCUT2D eigenvalue weighted by Gasteiger charge is -2.32. The normalized spacial score (nSPS) is 19.5. The van der Waals surface area contributed by atoms with E-state index in [1.165, 1.54) is 23.2 Å². The molecule has 0 radical (unpaired) electrons. The van der Waals surface area contributed by atoms with E-state index in [0.717, 1.165) is 50.9 Å². The lowest BCUT2D eigenvalue weighted by molar-refractivity contribution is 0.374. The van der Waals surface area contributed by atoms with Crippen molar-refractivity contribution < 1.29 is 4.74 Å². The molecule has 28 heavy (non-hydrogen) atoms. The minimum Gasteiger partial charge on any atom is -0.495 e. The number of methoxy groups -OCH3 is 1. The molecular formula is C23H30N4O. The van der Waals surface area contributed by atoms with Crippen molar-refractivity contribution in [1.82, 2.24) is 10.2 Å². The monoisotopic (exact) mass is 378 g/mol. The van der Waals surface area contributed by atoms with E-state index < -0.39 is 0 Å². The van der Waals surface area contributed by atoms with Gasteiger partial charge in [0, 0.05) is 39.8 Å². The third kappa shape index (κ3) is 3.93. The number of guanidine groups is 1. The number of rotatable bonds is 4. The number of para-hydroxylation sites is 2. The highest BCUT2D eigenvalue weighted by molar-refractivity contribution is 5.80. The zero-order valence-electron chi connectivity index (χ0n) is 16.9. The van der Waals surface area contributed by atoms with Crippen LogP contribution in [0.15, 0.2) is 53.5 Å². The van der Waals surface area contributed by atoms with Crippen molar-refractivity contribution in [2.45, 2.75) is 19.4 Å². The number of nitrogens with one attached hydrogen (secondary N) is 1. The first-order valence-corrected chi connectivity index (χ1v) is 10.2. The quantitative estimate of drug-likeness (QED) is 0.655. The number of benzene rings is 2. The van der Waals surface area contributed by atoms with Gasteiger partial charge in [-0.05, 0) is 42.0 Å². The molecule has 5 heteroatoms. The first-order valence-electron chi connectivity index (χ1n) is 10.2. The Bertz CT molecular complexity index is 835. The summed E-state index contributed by atoms with van der Waals surface area (Å²) in [7, 11) is 3.63. The fraction of sp³-hybridized carbons (Fsp3) is 0.435. The predicted molar refractivity (Wildman–Crippen MR) is 115 cm³/mol. The Hall–Kier alpha value is -2.69. The fourth-order valence-corrected chi connectivity index (χ4v) is 4.35. The molecule has 2 aliphatic rings. The summed E-state index contributed by atoms with van der Waals surface area (Å²) < 4.78 is 5.53. The summed E-state index contributed by atoms with van der Waals surface area (Å²) >= 11 is 0. The molecule has 0 bridgehead atoms. The standard InChI is InChI=1S/C23H30N4O/c1-24-23(27-14-12-19-7-3-4-8-20(19)17-27)25-15-18-11-13-26(16-18)21-9-5-6-10-22(21)28-2/h3-10,18H,11-17H2,1-2H3,(H,24,25). The summed E-state index contributed by atoms with van der Waals surface area (Å²) in [4.78, 5) is 9.35. The van der Waals surface area contributed by atoms with E-state index in [9.17, 15) is 0 Å². The molecule has 0 spiro atoms. The van der Waals surface area contributed by atoms with Gasteiger partial charge >= 0.3 is 0 Å². The predicted octanol–water partition coefficient (Wildman–Crippen LogP) is 3.16. The summed E-state index contributed by atoms with van der Waals surface area (Å²) in [5, 5.41) is 3.63. The fourth-order valence-electron chi connectivity index (χ4n) is 4.35. The van der Waals surface area contributed by atoms with Crippen LogP contribution in [-0.4, -0.2) is 51.2 Å². The van der Waals surface area contributed by atoms with E-state index in [2.05, 4.69) is 56.5 Å². The van der Waals surface area contributed by atoms with Crippen molar-refractivity contribution in [2.75, 3.05) is 45.2 Å². The van der Waals surface area contributed by atoms with Crippen LogP contribution in [-0.2, 0) is 13.0 Å². The number of hydrogen-bond donors (Lipinski definition) is 1. The van der Waals surface area contributed by atoms with Gasteiger partial charge in [0.2, 0.25) is 0 Å². The molecule has 4 rings (SSSR count). The van der Waals surface area contributed by atoms with Gasteiger partial charge in [-0.3, -0.25) is 4.99 Å². The third-order valence-corrected chi connectivity index (χ3v) is 5.90. The lowest BCUT2D eigenvalue weighted by atomic mass is 10.0. The molecule has 1 saturated heterocycles. The van der Waals surface area contributed by atoms with E-state index in [1.54, 1.807) is 7.11 Å². The van der Waals surface area contributed by atoms with Gasteiger partial charge in [0.05, 0.1) is 12.8 Å². The van der Waals surface area contributed by atoms with E-state index in [0.29, 0.717) is 5.92 Å². The van der Waals surface area contributed by atoms with Crippen LogP contribution in [0.3, 0.4) is 0 Å². The van der Waals surface area contributed by atoms with Gasteiger partial charge in [0.15, 0.2) is 5.96 Å². The molecule has 1 N–H and O–H groups in total. The van der Waals surface area contributed by atoms with Gasteiger partial charge < -0.3 is 19.9 Å². The van der Waals surface area contributed by atoms with Crippen molar-refractivity contribution >= 4 is 11.6 Å². The Labute approximate surface area is 168 Å². The second-order valence-electron chi connectivity index (χ2n) is 7.64. The molecule has 0 amide bonds. The molecule has 148 valence electrons. The summed E-state index contributed by atoms with van der Waals surface area (Å²) in [5.41, 5.74) is 4.09. The minimum atomic E-state index is 0.610. The summed E-state index contributed by atoms with van der Waals surface area (Å²) in [6.45, 7) is 5.04. The van der Waals surface area contributed by atoms with Gasteiger partial charge in [0.25, 0.3) is 0 Å². The van der Waals surface area contributed by atoms with Crippen LogP contribution in [0.1, 0.15) is 17.5 Å². The minimum absolute atomic E-state index is 0.610. The molecule has 2 aliphatic heterocycles. The molecule has 0 aliphatic carbocycles. The van der Waals surface area contributed by atoms with Crippen LogP contribution < -0.4 is 15.0 Å². The number of nitrogens with zero attached hydrogens (tertiary/aromatic N) is 3. The van der Waals surface area contributed by atoms with Crippen molar-refractivity contribution in [2.24, 2.45) is 10.9 Å². The molecular weight excluding hydrogens is 348 g/mol. The maximum absolute atomic E-state index is 5.53. The number of anilines is 1. The second-order valence-corrected chi connectivity index (χ2v) is 7.64. The Balaban J connectivity index is 1.33. The van der Waals surface area contributed by atoms with E-state index in [1.807, 2.05) is 19.2 Å². The van der Waals surface area contributed by atoms with Crippen LogP contribution in [0.25, 0.3) is 0 Å². The van der Waals surface area contributed by atoms with Gasteiger partial charge in [-0.25, -0.2) is 0 Å². The van der Waals surface area contributed by atoms with Crippen molar-refractivity contribution in [3.8, 4) is 5.75 Å². The van der Waals surface area contributed by atoms with E-state index in [4.69, 9.17) is 4.74 Å². The highest BCUT2D eigenvalue weighted by Crippen LogP contribution is 2.31. The lowest BCUT2D eigenvalue weighted by Crippen LogP contribution is -2.45. The Morgan fingerprint density at radius 3 is 2.71 bits per heavy atom. The molecule has 1 fully saturated rings. The first-order chi connectivity index (χ1) is 13.8. The molecule has 2 aromatic rings. The molecule has 0 saturated carbocycles. The number of fused-ring (bicyclic) bond motifs is 1. The zero-order chi connectivity index (χ0) is 19.3. The Kier molecular flexibility index (Phi) is 5.70. The van der Waals surface area contributed by atoms with Crippen LogP contribution in [0.5, 0.6) is 5.75 Å². The maximum Gasteiger partial charge on any atom is 0.193 e. The Morgan fingerprint density at radius 2 is 1.89 bits per heavy atom. The van der Waals surface area contributed by atoms with Gasteiger partial charge in [-0.1, -0.05) is 36.4 Å². The highest BCUT2D eigenvalue weighted by atomic mass is 16.5. The van der Waals surface area contributed by atoms with Crippen LogP contribution in [0.2, 0.25) is 0 Å². The zero-order valence-corrected chi connectivity index (χ0v) is 16.9. The molecule has 0 aromatic heterocycles. The van der Waals surface area contributed by atoms with Gasteiger partial charge in [0.1, 0.15) is 5.75 Å². The summed E-state index contributed by atoms with van der Waals surface area (Å²) in [6, 6.07) is 17.0. The van der Waals surface area contributed by atoms with Crippen LogP contribution >= 0.6 is 0 Å². The van der Waals surface area contributed by atoms with Crippen LogP contribution in [0.4, 0.5) is 5.69 Å².